The van der Waals surface area contributed by atoms with Crippen molar-refractivity contribution >= 4 is 5.97 Å². The number of quaternary nitrogens is 1. The van der Waals surface area contributed by atoms with Crippen molar-refractivity contribution in [1.82, 2.24) is 0 Å². The van der Waals surface area contributed by atoms with Gasteiger partial charge in [0.25, 0.3) is 0 Å². The van der Waals surface area contributed by atoms with Gasteiger partial charge in [0.05, 0.1) is 20.6 Å². The minimum absolute atomic E-state index is 0.295. The maximum Gasteiger partial charge on any atom is 0.333 e. The van der Waals surface area contributed by atoms with Gasteiger partial charge in [-0.05, 0) is 13.8 Å². The molecule has 4 nitrogen and oxygen atoms in total. The quantitative estimate of drug-likeness (QED) is 0.406. The first-order valence-electron chi connectivity index (χ1n) is 9.35. The molecule has 0 heterocycles. The Balaban J connectivity index is -0.000000153. The van der Waals surface area contributed by atoms with Gasteiger partial charge in [-0.3, -0.25) is 0 Å². The van der Waals surface area contributed by atoms with Crippen LogP contribution in [0.4, 0.5) is 0 Å². The molecular formula is C22H44NO3+. The van der Waals surface area contributed by atoms with Gasteiger partial charge in [-0.2, -0.15) is 0 Å². The molecule has 0 aliphatic rings. The van der Waals surface area contributed by atoms with E-state index in [0.29, 0.717) is 12.2 Å². The van der Waals surface area contributed by atoms with E-state index >= 15 is 0 Å². The maximum atomic E-state index is 11.0. The number of esters is 1. The number of ether oxygens (including phenoxy) is 2. The Bertz CT molecular complexity index is 363. The molecule has 0 spiro atoms. The molecule has 0 aliphatic carbocycles. The van der Waals surface area contributed by atoms with Gasteiger partial charge < -0.3 is 14.0 Å². The summed E-state index contributed by atoms with van der Waals surface area (Å²) in [7, 11) is 7.46. The molecule has 26 heavy (non-hydrogen) atoms. The molecule has 0 bridgehead atoms. The van der Waals surface area contributed by atoms with Crippen molar-refractivity contribution in [2.75, 3.05) is 48.0 Å². The molecule has 0 saturated carbocycles. The fraction of sp³-hybridized carbons (Fsp3) is 0.591. The standard InChI is InChI=1S/C10H20NO2.C6H6.C2H6O.2C2H6/c1-6-11(4,5)7-8-13-10(12)9(2)3;1-2-4-6-5-3-1;1-3-2;2*1-2/h2,6-8H2,1,3-5H3;1-6H;1-2H3;2*1-2H3/q+1;;;;. The van der Waals surface area contributed by atoms with E-state index in [1.807, 2.05) is 64.1 Å². The fourth-order valence-corrected chi connectivity index (χ4v) is 1.05. The van der Waals surface area contributed by atoms with Crippen LogP contribution < -0.4 is 0 Å². The molecule has 0 radical (unpaired) electrons. The third-order valence-corrected chi connectivity index (χ3v) is 2.80. The minimum atomic E-state index is -0.295. The van der Waals surface area contributed by atoms with Gasteiger partial charge in [0, 0.05) is 19.8 Å². The van der Waals surface area contributed by atoms with Gasteiger partial charge in [-0.1, -0.05) is 70.7 Å². The second-order valence-corrected chi connectivity index (χ2v) is 5.45. The zero-order valence-corrected chi connectivity index (χ0v) is 19.0. The molecule has 4 heteroatoms. The van der Waals surface area contributed by atoms with Crippen molar-refractivity contribution in [3.05, 3.63) is 48.6 Å². The first-order valence-corrected chi connectivity index (χ1v) is 9.35. The van der Waals surface area contributed by atoms with Gasteiger partial charge >= 0.3 is 5.97 Å². The summed E-state index contributed by atoms with van der Waals surface area (Å²) in [5.74, 6) is -0.295. The average Bonchev–Trinajstić information content (AvgIpc) is 2.67. The van der Waals surface area contributed by atoms with E-state index in [2.05, 4.69) is 32.3 Å². The number of nitrogens with zero attached hydrogens (tertiary/aromatic N) is 1. The minimum Gasteiger partial charge on any atom is -0.456 e. The summed E-state index contributed by atoms with van der Waals surface area (Å²) in [5.41, 5.74) is 0.460. The van der Waals surface area contributed by atoms with Crippen LogP contribution in [-0.4, -0.2) is 58.5 Å². The Kier molecular flexibility index (Phi) is 31.6. The summed E-state index contributed by atoms with van der Waals surface area (Å²) < 4.78 is 10.1. The Labute approximate surface area is 163 Å². The number of methoxy groups -OCH3 is 1. The second kappa shape index (κ2) is 25.6. The van der Waals surface area contributed by atoms with Crippen LogP contribution in [0.1, 0.15) is 41.5 Å². The van der Waals surface area contributed by atoms with E-state index in [4.69, 9.17) is 4.74 Å². The SMILES string of the molecule is C=C(C)C(=O)OCC[N+](C)(C)CC.CC.CC.COC.c1ccccc1. The van der Waals surface area contributed by atoms with Crippen LogP contribution >= 0.6 is 0 Å². The summed E-state index contributed by atoms with van der Waals surface area (Å²) in [6.07, 6.45) is 0. The molecule has 0 amide bonds. The van der Waals surface area contributed by atoms with Crippen LogP contribution in [0.15, 0.2) is 48.6 Å². The van der Waals surface area contributed by atoms with Crippen molar-refractivity contribution in [3.63, 3.8) is 0 Å². The summed E-state index contributed by atoms with van der Waals surface area (Å²) >= 11 is 0. The van der Waals surface area contributed by atoms with Crippen LogP contribution in [-0.2, 0) is 14.3 Å². The Hall–Kier alpha value is -1.65. The largest absolute Gasteiger partial charge is 0.456 e. The van der Waals surface area contributed by atoms with Crippen molar-refractivity contribution < 1.29 is 18.8 Å². The normalized spacial score (nSPS) is 8.54. The Morgan fingerprint density at radius 3 is 1.46 bits per heavy atom. The van der Waals surface area contributed by atoms with E-state index in [0.717, 1.165) is 17.6 Å². The Morgan fingerprint density at radius 2 is 1.23 bits per heavy atom. The summed E-state index contributed by atoms with van der Waals surface area (Å²) in [6, 6.07) is 12.0. The highest BCUT2D eigenvalue weighted by Crippen LogP contribution is 1.97. The molecule has 154 valence electrons. The van der Waals surface area contributed by atoms with E-state index in [1.54, 1.807) is 21.1 Å². The van der Waals surface area contributed by atoms with E-state index in [1.165, 1.54) is 0 Å². The van der Waals surface area contributed by atoms with Crippen LogP contribution in [0.3, 0.4) is 0 Å². The number of hydrogen-bond acceptors (Lipinski definition) is 3. The molecule has 0 atom stereocenters. The smallest absolute Gasteiger partial charge is 0.333 e. The molecule has 0 unspecified atom stereocenters. The molecule has 0 saturated heterocycles. The Morgan fingerprint density at radius 1 is 0.923 bits per heavy atom. The van der Waals surface area contributed by atoms with Crippen LogP contribution in [0.2, 0.25) is 0 Å². The predicted octanol–water partition coefficient (Wildman–Crippen LogP) is 5.20. The lowest BCUT2D eigenvalue weighted by Gasteiger charge is -2.27. The van der Waals surface area contributed by atoms with Crippen molar-refractivity contribution in [3.8, 4) is 0 Å². The lowest BCUT2D eigenvalue weighted by atomic mass is 10.4. The van der Waals surface area contributed by atoms with E-state index in [9.17, 15) is 4.79 Å². The number of carbonyl (C=O) groups excluding carboxylic acids is 1. The number of rotatable bonds is 5. The summed E-state index contributed by atoms with van der Waals surface area (Å²) in [6.45, 7) is 17.6. The van der Waals surface area contributed by atoms with Gasteiger partial charge in [0.15, 0.2) is 0 Å². The molecule has 0 N–H and O–H groups in total. The lowest BCUT2D eigenvalue weighted by Crippen LogP contribution is -2.42. The van der Waals surface area contributed by atoms with Gasteiger partial charge in [0.2, 0.25) is 0 Å². The van der Waals surface area contributed by atoms with E-state index < -0.39 is 0 Å². The third kappa shape index (κ3) is 30.3. The van der Waals surface area contributed by atoms with Crippen LogP contribution in [0.5, 0.6) is 0 Å². The van der Waals surface area contributed by atoms with Crippen molar-refractivity contribution in [2.45, 2.75) is 41.5 Å². The maximum absolute atomic E-state index is 11.0. The number of carbonyl (C=O) groups is 1. The molecular weight excluding hydrogens is 326 g/mol. The number of hydrogen-bond donors (Lipinski definition) is 0. The number of likely N-dealkylation sites (N-methyl/N-ethyl adjacent to an activating group) is 1. The molecule has 0 fully saturated rings. The summed E-state index contributed by atoms with van der Waals surface area (Å²) in [5, 5.41) is 0. The molecule has 1 aromatic rings. The summed E-state index contributed by atoms with van der Waals surface area (Å²) in [4.78, 5) is 11.0. The molecule has 0 aliphatic heterocycles. The lowest BCUT2D eigenvalue weighted by molar-refractivity contribution is -0.888. The zero-order chi connectivity index (χ0) is 21.4. The monoisotopic (exact) mass is 370 g/mol. The van der Waals surface area contributed by atoms with Crippen molar-refractivity contribution in [1.29, 1.82) is 0 Å². The van der Waals surface area contributed by atoms with Crippen molar-refractivity contribution in [2.24, 2.45) is 0 Å². The molecule has 0 aromatic heterocycles. The van der Waals surface area contributed by atoms with Crippen LogP contribution in [0, 0.1) is 0 Å². The highest BCUT2D eigenvalue weighted by Gasteiger charge is 2.12. The fourth-order valence-electron chi connectivity index (χ4n) is 1.05. The first-order chi connectivity index (χ1) is 12.3. The van der Waals surface area contributed by atoms with E-state index in [-0.39, 0.29) is 5.97 Å². The zero-order valence-electron chi connectivity index (χ0n) is 19.0. The van der Waals surface area contributed by atoms with Gasteiger partial charge in [-0.25, -0.2) is 4.79 Å². The molecule has 1 rings (SSSR count). The van der Waals surface area contributed by atoms with Gasteiger partial charge in [0.1, 0.15) is 13.2 Å². The first kappa shape index (κ1) is 32.1. The highest BCUT2D eigenvalue weighted by molar-refractivity contribution is 5.86. The van der Waals surface area contributed by atoms with Crippen LogP contribution in [0.25, 0.3) is 0 Å². The average molecular weight is 371 g/mol. The highest BCUT2D eigenvalue weighted by atomic mass is 16.5. The predicted molar refractivity (Wildman–Crippen MR) is 115 cm³/mol. The third-order valence-electron chi connectivity index (χ3n) is 2.80. The number of benzene rings is 1. The topological polar surface area (TPSA) is 35.5 Å². The van der Waals surface area contributed by atoms with Gasteiger partial charge in [-0.15, -0.1) is 0 Å². The second-order valence-electron chi connectivity index (χ2n) is 5.45. The molecule has 1 aromatic carbocycles.